The van der Waals surface area contributed by atoms with E-state index >= 15 is 0 Å². The van der Waals surface area contributed by atoms with Gasteiger partial charge in [0, 0.05) is 24.6 Å². The standard InChI is InChI=1S/C13H19BrFN/c1-10(2)11(8-14)9-16(3)13-6-4-12(15)5-7-13/h4-7,10-11H,8-9H2,1-3H3. The van der Waals surface area contributed by atoms with Crippen LogP contribution in [0.15, 0.2) is 24.3 Å². The van der Waals surface area contributed by atoms with Crippen LogP contribution in [0.4, 0.5) is 10.1 Å². The lowest BCUT2D eigenvalue weighted by Crippen LogP contribution is -2.29. The Bertz CT molecular complexity index is 310. The van der Waals surface area contributed by atoms with E-state index in [1.807, 2.05) is 19.2 Å². The Hall–Kier alpha value is -0.570. The van der Waals surface area contributed by atoms with E-state index in [9.17, 15) is 4.39 Å². The highest BCUT2D eigenvalue weighted by molar-refractivity contribution is 9.09. The van der Waals surface area contributed by atoms with E-state index in [2.05, 4.69) is 34.7 Å². The molecule has 0 saturated carbocycles. The first-order valence-corrected chi connectivity index (χ1v) is 6.69. The van der Waals surface area contributed by atoms with E-state index in [-0.39, 0.29) is 5.82 Å². The molecule has 0 fully saturated rings. The summed E-state index contributed by atoms with van der Waals surface area (Å²) in [5.74, 6) is 1.07. The Balaban J connectivity index is 2.64. The van der Waals surface area contributed by atoms with Crippen molar-refractivity contribution in [2.24, 2.45) is 11.8 Å². The molecule has 0 aliphatic rings. The molecule has 1 nitrogen and oxygen atoms in total. The van der Waals surface area contributed by atoms with Gasteiger partial charge in [-0.25, -0.2) is 4.39 Å². The Kier molecular flexibility index (Phi) is 5.26. The average molecular weight is 288 g/mol. The monoisotopic (exact) mass is 287 g/mol. The summed E-state index contributed by atoms with van der Waals surface area (Å²) >= 11 is 3.54. The van der Waals surface area contributed by atoms with Crippen molar-refractivity contribution in [2.75, 3.05) is 23.8 Å². The van der Waals surface area contributed by atoms with Gasteiger partial charge in [-0.1, -0.05) is 29.8 Å². The molecule has 0 amide bonds. The molecule has 1 aromatic rings. The van der Waals surface area contributed by atoms with Crippen molar-refractivity contribution >= 4 is 21.6 Å². The zero-order valence-corrected chi connectivity index (χ0v) is 11.7. The van der Waals surface area contributed by atoms with Crippen molar-refractivity contribution < 1.29 is 4.39 Å². The van der Waals surface area contributed by atoms with E-state index in [0.717, 1.165) is 17.6 Å². The molecule has 1 atom stereocenters. The summed E-state index contributed by atoms with van der Waals surface area (Å²) in [5, 5.41) is 0.996. The maximum atomic E-state index is 12.8. The minimum absolute atomic E-state index is 0.182. The number of halogens is 2. The third kappa shape index (κ3) is 3.78. The first-order chi connectivity index (χ1) is 7.54. The van der Waals surface area contributed by atoms with Crippen molar-refractivity contribution in [2.45, 2.75) is 13.8 Å². The third-order valence-electron chi connectivity index (χ3n) is 2.92. The Morgan fingerprint density at radius 2 is 1.81 bits per heavy atom. The van der Waals surface area contributed by atoms with E-state index in [1.165, 1.54) is 12.1 Å². The SMILES string of the molecule is CC(C)C(CBr)CN(C)c1ccc(F)cc1. The van der Waals surface area contributed by atoms with E-state index in [0.29, 0.717) is 11.8 Å². The Morgan fingerprint density at radius 3 is 2.25 bits per heavy atom. The number of anilines is 1. The second-order valence-corrected chi connectivity index (χ2v) is 5.16. The van der Waals surface area contributed by atoms with Gasteiger partial charge in [-0.3, -0.25) is 0 Å². The molecule has 1 aromatic carbocycles. The fraction of sp³-hybridized carbons (Fsp3) is 0.538. The van der Waals surface area contributed by atoms with Crippen LogP contribution in [-0.4, -0.2) is 18.9 Å². The van der Waals surface area contributed by atoms with E-state index < -0.39 is 0 Å². The van der Waals surface area contributed by atoms with Crippen LogP contribution in [-0.2, 0) is 0 Å². The minimum Gasteiger partial charge on any atom is -0.374 e. The van der Waals surface area contributed by atoms with Gasteiger partial charge in [0.2, 0.25) is 0 Å². The van der Waals surface area contributed by atoms with Gasteiger partial charge in [-0.05, 0) is 36.1 Å². The fourth-order valence-electron chi connectivity index (χ4n) is 1.59. The Labute approximate surface area is 106 Å². The molecule has 16 heavy (non-hydrogen) atoms. The Morgan fingerprint density at radius 1 is 1.25 bits per heavy atom. The second-order valence-electron chi connectivity index (χ2n) is 4.52. The van der Waals surface area contributed by atoms with Crippen LogP contribution in [0.2, 0.25) is 0 Å². The molecule has 3 heteroatoms. The fourth-order valence-corrected chi connectivity index (χ4v) is 2.54. The van der Waals surface area contributed by atoms with Crippen molar-refractivity contribution in [1.82, 2.24) is 0 Å². The van der Waals surface area contributed by atoms with E-state index in [4.69, 9.17) is 0 Å². The molecule has 1 rings (SSSR count). The molecule has 0 N–H and O–H groups in total. The van der Waals surface area contributed by atoms with Crippen LogP contribution in [0.25, 0.3) is 0 Å². The lowest BCUT2D eigenvalue weighted by Gasteiger charge is -2.27. The van der Waals surface area contributed by atoms with Crippen molar-refractivity contribution in [3.63, 3.8) is 0 Å². The first kappa shape index (κ1) is 13.5. The van der Waals surface area contributed by atoms with Crippen molar-refractivity contribution in [1.29, 1.82) is 0 Å². The molecule has 0 saturated heterocycles. The van der Waals surface area contributed by atoms with E-state index in [1.54, 1.807) is 0 Å². The predicted molar refractivity (Wildman–Crippen MR) is 71.8 cm³/mol. The highest BCUT2D eigenvalue weighted by Gasteiger charge is 2.14. The smallest absolute Gasteiger partial charge is 0.123 e. The summed E-state index contributed by atoms with van der Waals surface area (Å²) in [5.41, 5.74) is 1.06. The predicted octanol–water partition coefficient (Wildman–Crippen LogP) is 3.93. The van der Waals surface area contributed by atoms with Crippen LogP contribution >= 0.6 is 15.9 Å². The molecule has 90 valence electrons. The number of hydrogen-bond donors (Lipinski definition) is 0. The molecule has 1 unspecified atom stereocenters. The molecular formula is C13H19BrFN. The van der Waals surface area contributed by atoms with Gasteiger partial charge in [0.05, 0.1) is 0 Å². The maximum absolute atomic E-state index is 12.8. The first-order valence-electron chi connectivity index (χ1n) is 5.57. The van der Waals surface area contributed by atoms with Gasteiger partial charge < -0.3 is 4.90 Å². The molecule has 0 aliphatic carbocycles. The van der Waals surface area contributed by atoms with Crippen LogP contribution in [0.5, 0.6) is 0 Å². The maximum Gasteiger partial charge on any atom is 0.123 e. The van der Waals surface area contributed by atoms with Crippen LogP contribution in [0.1, 0.15) is 13.8 Å². The normalized spacial score (nSPS) is 12.9. The summed E-state index contributed by atoms with van der Waals surface area (Å²) in [4.78, 5) is 2.17. The molecular weight excluding hydrogens is 269 g/mol. The van der Waals surface area contributed by atoms with Crippen LogP contribution in [0.3, 0.4) is 0 Å². The van der Waals surface area contributed by atoms with Crippen LogP contribution in [0, 0.1) is 17.7 Å². The number of hydrogen-bond acceptors (Lipinski definition) is 1. The molecule has 0 radical (unpaired) electrons. The van der Waals surface area contributed by atoms with Crippen LogP contribution < -0.4 is 4.90 Å². The molecule has 0 aliphatic heterocycles. The van der Waals surface area contributed by atoms with Gasteiger partial charge >= 0.3 is 0 Å². The number of rotatable bonds is 5. The molecule has 0 spiro atoms. The van der Waals surface area contributed by atoms with Gasteiger partial charge in [-0.2, -0.15) is 0 Å². The topological polar surface area (TPSA) is 3.24 Å². The average Bonchev–Trinajstić information content (AvgIpc) is 2.26. The highest BCUT2D eigenvalue weighted by atomic mass is 79.9. The summed E-state index contributed by atoms with van der Waals surface area (Å²) in [6.07, 6.45) is 0. The summed E-state index contributed by atoms with van der Waals surface area (Å²) in [7, 11) is 2.05. The molecule has 0 heterocycles. The zero-order valence-electron chi connectivity index (χ0n) is 10.1. The quantitative estimate of drug-likeness (QED) is 0.742. The minimum atomic E-state index is -0.182. The molecule has 0 aromatic heterocycles. The molecule has 0 bridgehead atoms. The number of alkyl halides is 1. The summed E-state index contributed by atoms with van der Waals surface area (Å²) in [6, 6.07) is 6.65. The zero-order chi connectivity index (χ0) is 12.1. The lowest BCUT2D eigenvalue weighted by molar-refractivity contribution is 0.432. The van der Waals surface area contributed by atoms with Crippen molar-refractivity contribution in [3.8, 4) is 0 Å². The lowest BCUT2D eigenvalue weighted by atomic mass is 9.97. The highest BCUT2D eigenvalue weighted by Crippen LogP contribution is 2.19. The summed E-state index contributed by atoms with van der Waals surface area (Å²) in [6.45, 7) is 5.43. The summed E-state index contributed by atoms with van der Waals surface area (Å²) < 4.78 is 12.8. The number of benzene rings is 1. The number of nitrogens with zero attached hydrogens (tertiary/aromatic N) is 1. The van der Waals surface area contributed by atoms with Gasteiger partial charge in [0.15, 0.2) is 0 Å². The van der Waals surface area contributed by atoms with Crippen molar-refractivity contribution in [3.05, 3.63) is 30.1 Å². The van der Waals surface area contributed by atoms with Gasteiger partial charge in [-0.15, -0.1) is 0 Å². The third-order valence-corrected chi connectivity index (χ3v) is 3.75. The van der Waals surface area contributed by atoms with Gasteiger partial charge in [0.1, 0.15) is 5.82 Å². The second kappa shape index (κ2) is 6.24. The largest absolute Gasteiger partial charge is 0.374 e. The van der Waals surface area contributed by atoms with Gasteiger partial charge in [0.25, 0.3) is 0 Å².